The van der Waals surface area contributed by atoms with Crippen molar-refractivity contribution in [2.24, 2.45) is 0 Å². The third kappa shape index (κ3) is 4.07. The van der Waals surface area contributed by atoms with Crippen molar-refractivity contribution in [2.45, 2.75) is 32.6 Å². The van der Waals surface area contributed by atoms with Crippen molar-refractivity contribution in [3.8, 4) is 11.4 Å². The van der Waals surface area contributed by atoms with E-state index in [-0.39, 0.29) is 11.4 Å². The maximum atomic E-state index is 12.8. The molecule has 0 amide bonds. The number of hydrogen-bond acceptors (Lipinski definition) is 4. The number of fused-ring (bicyclic) bond motifs is 1. The van der Waals surface area contributed by atoms with Gasteiger partial charge in [0.1, 0.15) is 5.82 Å². The second kappa shape index (κ2) is 7.44. The van der Waals surface area contributed by atoms with Gasteiger partial charge in [-0.25, -0.2) is 4.98 Å². The average molecular weight is 400 g/mol. The van der Waals surface area contributed by atoms with E-state index in [0.717, 1.165) is 23.4 Å². The Balaban J connectivity index is 1.60. The molecule has 0 spiro atoms. The predicted octanol–water partition coefficient (Wildman–Crippen LogP) is 3.72. The van der Waals surface area contributed by atoms with E-state index in [1.807, 2.05) is 19.1 Å². The molecule has 0 saturated heterocycles. The summed E-state index contributed by atoms with van der Waals surface area (Å²) in [6.07, 6.45) is -2.08. The molecule has 150 valence electrons. The van der Waals surface area contributed by atoms with Crippen molar-refractivity contribution in [3.05, 3.63) is 81.0 Å². The third-order valence-electron chi connectivity index (χ3n) is 5.13. The van der Waals surface area contributed by atoms with E-state index in [1.54, 1.807) is 6.20 Å². The number of halogens is 3. The molecule has 1 aliphatic rings. The topological polar surface area (TPSA) is 61.9 Å². The Morgan fingerprint density at radius 1 is 1.17 bits per heavy atom. The van der Waals surface area contributed by atoms with E-state index < -0.39 is 11.7 Å². The Morgan fingerprint density at radius 3 is 2.62 bits per heavy atom. The fourth-order valence-corrected chi connectivity index (χ4v) is 3.48. The molecule has 1 aliphatic heterocycles. The maximum absolute atomic E-state index is 12.8. The van der Waals surface area contributed by atoms with Gasteiger partial charge in [-0.2, -0.15) is 13.2 Å². The van der Waals surface area contributed by atoms with Gasteiger partial charge in [-0.15, -0.1) is 0 Å². The minimum absolute atomic E-state index is 0.237. The Kier molecular flexibility index (Phi) is 4.96. The highest BCUT2D eigenvalue weighted by molar-refractivity contribution is 5.56. The lowest BCUT2D eigenvalue weighted by molar-refractivity contribution is -0.137. The maximum Gasteiger partial charge on any atom is 0.416 e. The summed E-state index contributed by atoms with van der Waals surface area (Å²) in [5, 5.41) is 0. The van der Waals surface area contributed by atoms with Crippen molar-refractivity contribution >= 4 is 0 Å². The highest BCUT2D eigenvalue weighted by Gasteiger charge is 2.30. The molecule has 29 heavy (non-hydrogen) atoms. The number of nitrogens with zero attached hydrogens (tertiary/aromatic N) is 3. The van der Waals surface area contributed by atoms with E-state index in [4.69, 9.17) is 0 Å². The van der Waals surface area contributed by atoms with Crippen molar-refractivity contribution in [3.63, 3.8) is 0 Å². The number of aromatic nitrogens is 3. The van der Waals surface area contributed by atoms with Gasteiger partial charge < -0.3 is 4.98 Å². The molecular formula is C21H19F3N4O. The summed E-state index contributed by atoms with van der Waals surface area (Å²) in [4.78, 5) is 26.3. The van der Waals surface area contributed by atoms with E-state index in [2.05, 4.69) is 19.9 Å². The number of hydrogen-bond donors (Lipinski definition) is 1. The lowest BCUT2D eigenvalue weighted by Crippen LogP contribution is -2.35. The molecule has 4 rings (SSSR count). The quantitative estimate of drug-likeness (QED) is 0.728. The van der Waals surface area contributed by atoms with Gasteiger partial charge >= 0.3 is 6.18 Å². The first kappa shape index (κ1) is 19.3. The van der Waals surface area contributed by atoms with Crippen LogP contribution >= 0.6 is 0 Å². The summed E-state index contributed by atoms with van der Waals surface area (Å²) in [5.74, 6) is 0.276. The van der Waals surface area contributed by atoms with Crippen LogP contribution in [0.5, 0.6) is 0 Å². The SMILES string of the molecule is Cc1cccnc1CN1CCc2c(nc(-c3ccc(C(F)(F)F)cc3)[nH]c2=O)C1. The Hall–Kier alpha value is -3.00. The minimum atomic E-state index is -4.40. The fraction of sp³-hybridized carbons (Fsp3) is 0.286. The first-order valence-electron chi connectivity index (χ1n) is 9.24. The number of aromatic amines is 1. The van der Waals surface area contributed by atoms with Gasteiger partial charge in [-0.1, -0.05) is 18.2 Å². The monoisotopic (exact) mass is 400 g/mol. The zero-order chi connectivity index (χ0) is 20.6. The van der Waals surface area contributed by atoms with Crippen LogP contribution in [0.15, 0.2) is 47.4 Å². The Labute approximate surface area is 165 Å². The van der Waals surface area contributed by atoms with Crippen LogP contribution in [-0.2, 0) is 25.7 Å². The largest absolute Gasteiger partial charge is 0.416 e. The molecule has 0 atom stereocenters. The van der Waals surface area contributed by atoms with E-state index in [9.17, 15) is 18.0 Å². The van der Waals surface area contributed by atoms with E-state index in [0.29, 0.717) is 42.9 Å². The molecule has 0 saturated carbocycles. The highest BCUT2D eigenvalue weighted by Crippen LogP contribution is 2.30. The van der Waals surface area contributed by atoms with Crippen molar-refractivity contribution < 1.29 is 13.2 Å². The van der Waals surface area contributed by atoms with Crippen LogP contribution in [0.2, 0.25) is 0 Å². The van der Waals surface area contributed by atoms with Crippen LogP contribution in [0, 0.1) is 6.92 Å². The standard InChI is InChI=1S/C21H19F3N4O/c1-13-3-2-9-25-17(13)11-28-10-8-16-18(12-28)26-19(27-20(16)29)14-4-6-15(7-5-14)21(22,23)24/h2-7,9H,8,10-12H2,1H3,(H,26,27,29). The lowest BCUT2D eigenvalue weighted by atomic mass is 10.0. The fourth-order valence-electron chi connectivity index (χ4n) is 3.48. The summed E-state index contributed by atoms with van der Waals surface area (Å²) in [5.41, 5.74) is 2.83. The molecule has 3 aromatic rings. The Morgan fingerprint density at radius 2 is 1.93 bits per heavy atom. The van der Waals surface area contributed by atoms with Gasteiger partial charge in [0.2, 0.25) is 0 Å². The summed E-state index contributed by atoms with van der Waals surface area (Å²) < 4.78 is 38.3. The molecule has 1 N–H and O–H groups in total. The molecular weight excluding hydrogens is 381 g/mol. The van der Waals surface area contributed by atoms with Crippen LogP contribution in [-0.4, -0.2) is 26.4 Å². The number of aryl methyl sites for hydroxylation is 1. The first-order chi connectivity index (χ1) is 13.8. The van der Waals surface area contributed by atoms with E-state index in [1.165, 1.54) is 12.1 Å². The molecule has 5 nitrogen and oxygen atoms in total. The molecule has 0 radical (unpaired) electrons. The molecule has 1 aromatic carbocycles. The van der Waals surface area contributed by atoms with Gasteiger partial charge in [0, 0.05) is 37.0 Å². The van der Waals surface area contributed by atoms with Gasteiger partial charge in [0.15, 0.2) is 0 Å². The molecule has 3 heterocycles. The van der Waals surface area contributed by atoms with Crippen molar-refractivity contribution in [1.82, 2.24) is 19.9 Å². The Bertz CT molecular complexity index is 1090. The molecule has 0 aliphatic carbocycles. The van der Waals surface area contributed by atoms with Crippen LogP contribution in [0.4, 0.5) is 13.2 Å². The number of nitrogens with one attached hydrogen (secondary N) is 1. The summed E-state index contributed by atoms with van der Waals surface area (Å²) >= 11 is 0. The van der Waals surface area contributed by atoms with Gasteiger partial charge in [-0.3, -0.25) is 14.7 Å². The smallest absolute Gasteiger partial charge is 0.306 e. The molecule has 0 unspecified atom stereocenters. The number of alkyl halides is 3. The van der Waals surface area contributed by atoms with Crippen molar-refractivity contribution in [2.75, 3.05) is 6.54 Å². The molecule has 8 heteroatoms. The number of benzene rings is 1. The predicted molar refractivity (Wildman–Crippen MR) is 102 cm³/mol. The highest BCUT2D eigenvalue weighted by atomic mass is 19.4. The van der Waals surface area contributed by atoms with Crippen molar-refractivity contribution in [1.29, 1.82) is 0 Å². The van der Waals surface area contributed by atoms with Crippen LogP contribution < -0.4 is 5.56 Å². The molecule has 0 bridgehead atoms. The number of pyridine rings is 1. The lowest BCUT2D eigenvalue weighted by Gasteiger charge is -2.27. The van der Waals surface area contributed by atoms with Gasteiger partial charge in [0.05, 0.1) is 17.0 Å². The summed E-state index contributed by atoms with van der Waals surface area (Å²) in [6, 6.07) is 8.53. The number of rotatable bonds is 3. The second-order valence-corrected chi connectivity index (χ2v) is 7.14. The number of H-pyrrole nitrogens is 1. The van der Waals surface area contributed by atoms with E-state index >= 15 is 0 Å². The average Bonchev–Trinajstić information content (AvgIpc) is 2.69. The van der Waals surface area contributed by atoms with Gasteiger partial charge in [-0.05, 0) is 37.1 Å². The van der Waals surface area contributed by atoms with Gasteiger partial charge in [0.25, 0.3) is 5.56 Å². The first-order valence-corrected chi connectivity index (χ1v) is 9.24. The van der Waals surface area contributed by atoms with Crippen LogP contribution in [0.1, 0.15) is 28.1 Å². The second-order valence-electron chi connectivity index (χ2n) is 7.14. The zero-order valence-corrected chi connectivity index (χ0v) is 15.8. The van der Waals surface area contributed by atoms with Crippen LogP contribution in [0.3, 0.4) is 0 Å². The van der Waals surface area contributed by atoms with Crippen LogP contribution in [0.25, 0.3) is 11.4 Å². The molecule has 0 fully saturated rings. The summed E-state index contributed by atoms with van der Waals surface area (Å²) in [7, 11) is 0. The minimum Gasteiger partial charge on any atom is -0.306 e. The normalized spacial score (nSPS) is 14.6. The molecule has 2 aromatic heterocycles. The summed E-state index contributed by atoms with van der Waals surface area (Å²) in [6.45, 7) is 3.86. The zero-order valence-electron chi connectivity index (χ0n) is 15.8. The third-order valence-corrected chi connectivity index (χ3v) is 5.13.